The summed E-state index contributed by atoms with van der Waals surface area (Å²) in [5.41, 5.74) is 1.33. The van der Waals surface area contributed by atoms with Crippen LogP contribution in [-0.2, 0) is 10.2 Å². The minimum Gasteiger partial charge on any atom is -0.449 e. The number of rotatable bonds is 7. The van der Waals surface area contributed by atoms with Gasteiger partial charge in [0.1, 0.15) is 5.75 Å². The average Bonchev–Trinajstić information content (AvgIpc) is 2.60. The second-order valence-corrected chi connectivity index (χ2v) is 6.09. The molecule has 2 rings (SSSR count). The largest absolute Gasteiger partial charge is 0.511 e. The van der Waals surface area contributed by atoms with E-state index in [2.05, 4.69) is 13.8 Å². The predicted octanol–water partition coefficient (Wildman–Crippen LogP) is 4.86. The molecule has 2 unspecified atom stereocenters. The lowest BCUT2D eigenvalue weighted by Gasteiger charge is -2.33. The van der Waals surface area contributed by atoms with Crippen molar-refractivity contribution in [2.24, 2.45) is 0 Å². The fraction of sp³-hybridized carbons (Fsp3) is 0.350. The van der Waals surface area contributed by atoms with Crippen LogP contribution in [-0.4, -0.2) is 24.0 Å². The highest BCUT2D eigenvalue weighted by Crippen LogP contribution is 2.38. The van der Waals surface area contributed by atoms with Crippen molar-refractivity contribution >= 4 is 6.16 Å². The second kappa shape index (κ2) is 7.97. The van der Waals surface area contributed by atoms with Gasteiger partial charge in [-0.25, -0.2) is 4.79 Å². The standard InChI is InChI=1S/C20H24O4/c1-4-15(2)23-14-20(3,16-10-6-5-7-11-16)17-12-8-9-13-18(17)24-19(21)22/h5-13,15H,4,14H2,1-3H3,(H,21,22). The first-order chi connectivity index (χ1) is 11.5. The van der Waals surface area contributed by atoms with E-state index in [1.54, 1.807) is 12.1 Å². The van der Waals surface area contributed by atoms with E-state index in [1.807, 2.05) is 49.4 Å². The summed E-state index contributed by atoms with van der Waals surface area (Å²) in [6.07, 6.45) is -0.278. The molecular weight excluding hydrogens is 304 g/mol. The molecular formula is C20H24O4. The first kappa shape index (κ1) is 18.0. The van der Waals surface area contributed by atoms with Gasteiger partial charge in [0.15, 0.2) is 0 Å². The molecule has 0 aromatic heterocycles. The van der Waals surface area contributed by atoms with E-state index in [1.165, 1.54) is 0 Å². The van der Waals surface area contributed by atoms with Crippen LogP contribution in [0.15, 0.2) is 54.6 Å². The van der Waals surface area contributed by atoms with Gasteiger partial charge < -0.3 is 14.6 Å². The normalized spacial score (nSPS) is 14.6. The summed E-state index contributed by atoms with van der Waals surface area (Å²) in [4.78, 5) is 11.0. The third kappa shape index (κ3) is 4.15. The average molecular weight is 328 g/mol. The maximum atomic E-state index is 11.0. The quantitative estimate of drug-likeness (QED) is 0.582. The summed E-state index contributed by atoms with van der Waals surface area (Å²) in [5.74, 6) is 0.337. The molecule has 24 heavy (non-hydrogen) atoms. The molecule has 2 aromatic carbocycles. The molecule has 0 spiro atoms. The van der Waals surface area contributed by atoms with E-state index in [4.69, 9.17) is 14.6 Å². The highest BCUT2D eigenvalue weighted by atomic mass is 16.7. The van der Waals surface area contributed by atoms with Crippen molar-refractivity contribution in [2.45, 2.75) is 38.7 Å². The molecule has 0 aliphatic carbocycles. The van der Waals surface area contributed by atoms with Crippen LogP contribution in [0.2, 0.25) is 0 Å². The molecule has 0 radical (unpaired) electrons. The van der Waals surface area contributed by atoms with Crippen LogP contribution in [0.1, 0.15) is 38.3 Å². The Morgan fingerprint density at radius 1 is 1.12 bits per heavy atom. The highest BCUT2D eigenvalue weighted by Gasteiger charge is 2.33. The van der Waals surface area contributed by atoms with Crippen molar-refractivity contribution < 1.29 is 19.4 Å². The Morgan fingerprint density at radius 2 is 1.75 bits per heavy atom. The van der Waals surface area contributed by atoms with Crippen LogP contribution < -0.4 is 4.74 Å². The van der Waals surface area contributed by atoms with Crippen LogP contribution in [0.25, 0.3) is 0 Å². The van der Waals surface area contributed by atoms with Crippen LogP contribution in [0, 0.1) is 0 Å². The summed E-state index contributed by atoms with van der Waals surface area (Å²) in [6.45, 7) is 6.60. The lowest BCUT2D eigenvalue weighted by molar-refractivity contribution is 0.0387. The van der Waals surface area contributed by atoms with Crippen molar-refractivity contribution in [3.63, 3.8) is 0 Å². The Kier molecular flexibility index (Phi) is 5.99. The summed E-state index contributed by atoms with van der Waals surface area (Å²) < 4.78 is 11.0. The summed E-state index contributed by atoms with van der Waals surface area (Å²) in [7, 11) is 0. The van der Waals surface area contributed by atoms with E-state index in [-0.39, 0.29) is 6.10 Å². The van der Waals surface area contributed by atoms with Gasteiger partial charge in [-0.3, -0.25) is 0 Å². The molecule has 0 aliphatic heterocycles. The zero-order valence-electron chi connectivity index (χ0n) is 14.4. The van der Waals surface area contributed by atoms with E-state index in [9.17, 15) is 4.79 Å². The van der Waals surface area contributed by atoms with Gasteiger partial charge in [0.25, 0.3) is 0 Å². The number of hydrogen-bond acceptors (Lipinski definition) is 3. The molecule has 0 bridgehead atoms. The molecule has 0 saturated heterocycles. The Morgan fingerprint density at radius 3 is 2.38 bits per heavy atom. The van der Waals surface area contributed by atoms with Crippen LogP contribution >= 0.6 is 0 Å². The molecule has 0 heterocycles. The third-order valence-corrected chi connectivity index (χ3v) is 4.32. The van der Waals surface area contributed by atoms with E-state index < -0.39 is 11.6 Å². The van der Waals surface area contributed by atoms with Crippen molar-refractivity contribution in [1.29, 1.82) is 0 Å². The lowest BCUT2D eigenvalue weighted by atomic mass is 9.76. The van der Waals surface area contributed by atoms with Crippen molar-refractivity contribution in [3.05, 3.63) is 65.7 Å². The highest BCUT2D eigenvalue weighted by molar-refractivity contribution is 5.63. The fourth-order valence-electron chi connectivity index (χ4n) is 2.65. The molecule has 128 valence electrons. The van der Waals surface area contributed by atoms with Crippen LogP contribution in [0.4, 0.5) is 4.79 Å². The summed E-state index contributed by atoms with van der Waals surface area (Å²) in [6, 6.07) is 17.2. The number of para-hydroxylation sites is 1. The zero-order valence-corrected chi connectivity index (χ0v) is 14.4. The lowest BCUT2D eigenvalue weighted by Crippen LogP contribution is -2.32. The molecule has 4 heteroatoms. The first-order valence-corrected chi connectivity index (χ1v) is 8.14. The molecule has 0 amide bonds. The maximum Gasteiger partial charge on any atom is 0.511 e. The molecule has 0 saturated carbocycles. The molecule has 2 aromatic rings. The van der Waals surface area contributed by atoms with Crippen molar-refractivity contribution in [1.82, 2.24) is 0 Å². The Labute approximate surface area is 143 Å². The maximum absolute atomic E-state index is 11.0. The van der Waals surface area contributed by atoms with Crippen molar-refractivity contribution in [2.75, 3.05) is 6.61 Å². The van der Waals surface area contributed by atoms with Gasteiger partial charge in [-0.05, 0) is 31.9 Å². The van der Waals surface area contributed by atoms with E-state index in [0.29, 0.717) is 12.4 Å². The fourth-order valence-corrected chi connectivity index (χ4v) is 2.65. The number of carbonyl (C=O) groups is 1. The third-order valence-electron chi connectivity index (χ3n) is 4.32. The summed E-state index contributed by atoms with van der Waals surface area (Å²) >= 11 is 0. The van der Waals surface area contributed by atoms with Gasteiger partial charge in [0, 0.05) is 11.0 Å². The van der Waals surface area contributed by atoms with E-state index >= 15 is 0 Å². The second-order valence-electron chi connectivity index (χ2n) is 6.09. The molecule has 1 N–H and O–H groups in total. The topological polar surface area (TPSA) is 55.8 Å². The molecule has 4 nitrogen and oxygen atoms in total. The van der Waals surface area contributed by atoms with E-state index in [0.717, 1.165) is 17.5 Å². The minimum atomic E-state index is -1.32. The van der Waals surface area contributed by atoms with Crippen LogP contribution in [0.5, 0.6) is 5.75 Å². The number of carboxylic acid groups (broad SMARTS) is 1. The number of benzene rings is 2. The number of ether oxygens (including phenoxy) is 2. The Hall–Kier alpha value is -2.33. The minimum absolute atomic E-state index is 0.126. The SMILES string of the molecule is CCC(C)OCC(C)(c1ccccc1)c1ccccc1OC(=O)O. The van der Waals surface area contributed by atoms with Crippen LogP contribution in [0.3, 0.4) is 0 Å². The predicted molar refractivity (Wildman–Crippen MR) is 93.7 cm³/mol. The van der Waals surface area contributed by atoms with Gasteiger partial charge >= 0.3 is 6.16 Å². The molecule has 0 fully saturated rings. The first-order valence-electron chi connectivity index (χ1n) is 8.14. The van der Waals surface area contributed by atoms with Gasteiger partial charge in [-0.1, -0.05) is 55.5 Å². The van der Waals surface area contributed by atoms with Gasteiger partial charge in [-0.2, -0.15) is 0 Å². The van der Waals surface area contributed by atoms with Crippen molar-refractivity contribution in [3.8, 4) is 5.75 Å². The summed E-state index contributed by atoms with van der Waals surface area (Å²) in [5, 5.41) is 9.03. The van der Waals surface area contributed by atoms with Gasteiger partial charge in [-0.15, -0.1) is 0 Å². The molecule has 2 atom stereocenters. The van der Waals surface area contributed by atoms with Gasteiger partial charge in [0.2, 0.25) is 0 Å². The Balaban J connectivity index is 2.48. The number of hydrogen-bond donors (Lipinski definition) is 1. The zero-order chi connectivity index (χ0) is 17.6. The smallest absolute Gasteiger partial charge is 0.449 e. The molecule has 0 aliphatic rings. The van der Waals surface area contributed by atoms with Gasteiger partial charge in [0.05, 0.1) is 12.7 Å². The Bertz CT molecular complexity index is 668. The monoisotopic (exact) mass is 328 g/mol.